The van der Waals surface area contributed by atoms with Crippen LogP contribution in [0.2, 0.25) is 5.02 Å². The van der Waals surface area contributed by atoms with E-state index >= 15 is 0 Å². The zero-order chi connectivity index (χ0) is 14.7. The average Bonchev–Trinajstić information content (AvgIpc) is 3.30. The van der Waals surface area contributed by atoms with Gasteiger partial charge in [0.05, 0.1) is 0 Å². The summed E-state index contributed by atoms with van der Waals surface area (Å²) in [6.45, 7) is 0.782. The average molecular weight is 306 g/mol. The highest BCUT2D eigenvalue weighted by molar-refractivity contribution is 6.30. The highest BCUT2D eigenvalue weighted by atomic mass is 35.5. The van der Waals surface area contributed by atoms with Gasteiger partial charge in [-0.3, -0.25) is 4.79 Å². The second kappa shape index (κ2) is 6.39. The van der Waals surface area contributed by atoms with Gasteiger partial charge in [-0.25, -0.2) is 0 Å². The molecular weight excluding hydrogens is 282 g/mol. The van der Waals surface area contributed by atoms with E-state index in [1.165, 1.54) is 44.1 Å². The molecule has 2 fully saturated rings. The zero-order valence-corrected chi connectivity index (χ0v) is 13.3. The Bertz CT molecular complexity index is 484. The van der Waals surface area contributed by atoms with Crippen molar-refractivity contribution in [2.75, 3.05) is 6.54 Å². The van der Waals surface area contributed by atoms with E-state index < -0.39 is 0 Å². The van der Waals surface area contributed by atoms with Crippen LogP contribution < -0.4 is 5.32 Å². The van der Waals surface area contributed by atoms with Crippen LogP contribution in [-0.4, -0.2) is 12.5 Å². The maximum absolute atomic E-state index is 12.4. The third-order valence-corrected chi connectivity index (χ3v) is 5.39. The van der Waals surface area contributed by atoms with E-state index in [9.17, 15) is 4.79 Å². The minimum absolute atomic E-state index is 0.172. The van der Waals surface area contributed by atoms with Crippen LogP contribution in [0.5, 0.6) is 0 Å². The van der Waals surface area contributed by atoms with Gasteiger partial charge in [0, 0.05) is 22.9 Å². The van der Waals surface area contributed by atoms with E-state index in [1.54, 1.807) is 0 Å². The molecule has 0 aromatic heterocycles. The van der Waals surface area contributed by atoms with Crippen molar-refractivity contribution in [2.45, 2.75) is 56.8 Å². The maximum atomic E-state index is 12.4. The van der Waals surface area contributed by atoms with Gasteiger partial charge >= 0.3 is 0 Å². The van der Waals surface area contributed by atoms with Gasteiger partial charge < -0.3 is 5.32 Å². The normalized spacial score (nSPS) is 21.6. The summed E-state index contributed by atoms with van der Waals surface area (Å²) in [6.07, 6.45) is 9.47. The van der Waals surface area contributed by atoms with Crippen LogP contribution in [-0.2, 0) is 10.2 Å². The first kappa shape index (κ1) is 14.9. The van der Waals surface area contributed by atoms with Crippen molar-refractivity contribution in [2.24, 2.45) is 5.92 Å². The molecule has 114 valence electrons. The number of hydrogen-bond acceptors (Lipinski definition) is 1. The lowest BCUT2D eigenvalue weighted by Gasteiger charge is -2.20. The van der Waals surface area contributed by atoms with Crippen molar-refractivity contribution in [1.29, 1.82) is 0 Å². The van der Waals surface area contributed by atoms with E-state index in [0.29, 0.717) is 0 Å². The third-order valence-electron chi connectivity index (χ3n) is 5.14. The Morgan fingerprint density at radius 1 is 1.10 bits per heavy atom. The molecule has 2 aliphatic carbocycles. The molecule has 0 radical (unpaired) electrons. The smallest absolute Gasteiger partial charge is 0.223 e. The van der Waals surface area contributed by atoms with E-state index in [1.807, 2.05) is 12.1 Å². The molecule has 0 aliphatic heterocycles. The SMILES string of the molecule is O=C(NCC1(c2ccc(Cl)cc2)CC1)C1CCCCCC1. The molecule has 21 heavy (non-hydrogen) atoms. The monoisotopic (exact) mass is 305 g/mol. The standard InChI is InChI=1S/C18H24ClNO/c19-16-9-7-15(8-10-16)18(11-12-18)13-20-17(21)14-5-3-1-2-4-6-14/h7-10,14H,1-6,11-13H2,(H,20,21). The lowest BCUT2D eigenvalue weighted by molar-refractivity contribution is -0.125. The number of amides is 1. The number of rotatable bonds is 4. The van der Waals surface area contributed by atoms with Crippen LogP contribution >= 0.6 is 11.6 Å². The molecular formula is C18H24ClNO. The predicted octanol–water partition coefficient (Wildman–Crippen LogP) is 4.46. The van der Waals surface area contributed by atoms with Gasteiger partial charge in [-0.15, -0.1) is 0 Å². The molecule has 0 unspecified atom stereocenters. The lowest BCUT2D eigenvalue weighted by Crippen LogP contribution is -2.36. The van der Waals surface area contributed by atoms with Crippen LogP contribution in [0.25, 0.3) is 0 Å². The van der Waals surface area contributed by atoms with Gasteiger partial charge in [0.25, 0.3) is 0 Å². The van der Waals surface area contributed by atoms with Crippen molar-refractivity contribution in [3.05, 3.63) is 34.9 Å². The third kappa shape index (κ3) is 3.60. The number of nitrogens with one attached hydrogen (secondary N) is 1. The lowest BCUT2D eigenvalue weighted by atomic mass is 9.94. The first-order chi connectivity index (χ1) is 10.2. The predicted molar refractivity (Wildman–Crippen MR) is 86.6 cm³/mol. The molecule has 3 heteroatoms. The van der Waals surface area contributed by atoms with Crippen LogP contribution in [0, 0.1) is 5.92 Å². The summed E-state index contributed by atoms with van der Waals surface area (Å²) in [7, 11) is 0. The van der Waals surface area contributed by atoms with Crippen molar-refractivity contribution in [1.82, 2.24) is 5.32 Å². The summed E-state index contributed by atoms with van der Waals surface area (Å²) in [5, 5.41) is 4.00. The molecule has 2 saturated carbocycles. The zero-order valence-electron chi connectivity index (χ0n) is 12.5. The second-order valence-corrected chi connectivity index (χ2v) is 7.13. The molecule has 1 amide bonds. The van der Waals surface area contributed by atoms with Crippen molar-refractivity contribution < 1.29 is 4.79 Å². The molecule has 1 N–H and O–H groups in total. The number of halogens is 1. The van der Waals surface area contributed by atoms with Crippen LogP contribution in [0.3, 0.4) is 0 Å². The van der Waals surface area contributed by atoms with E-state index in [4.69, 9.17) is 11.6 Å². The Balaban J connectivity index is 1.56. The second-order valence-electron chi connectivity index (χ2n) is 6.69. The molecule has 0 spiro atoms. The molecule has 2 nitrogen and oxygen atoms in total. The summed E-state index contributed by atoms with van der Waals surface area (Å²) < 4.78 is 0. The molecule has 0 heterocycles. The summed E-state index contributed by atoms with van der Waals surface area (Å²) in [5.41, 5.74) is 1.48. The van der Waals surface area contributed by atoms with Crippen LogP contribution in [0.4, 0.5) is 0 Å². The molecule has 0 saturated heterocycles. The minimum Gasteiger partial charge on any atom is -0.355 e. The molecule has 1 aromatic carbocycles. The summed E-state index contributed by atoms with van der Waals surface area (Å²) >= 11 is 5.96. The van der Waals surface area contributed by atoms with E-state index in [0.717, 1.165) is 24.4 Å². The number of carbonyl (C=O) groups excluding carboxylic acids is 1. The maximum Gasteiger partial charge on any atom is 0.223 e. The topological polar surface area (TPSA) is 29.1 Å². The molecule has 2 aliphatic rings. The Hall–Kier alpha value is -1.02. The molecule has 0 bridgehead atoms. The Morgan fingerprint density at radius 3 is 2.29 bits per heavy atom. The molecule has 1 aromatic rings. The highest BCUT2D eigenvalue weighted by Crippen LogP contribution is 2.47. The summed E-state index contributed by atoms with van der Waals surface area (Å²) in [4.78, 5) is 12.4. The van der Waals surface area contributed by atoms with Gasteiger partial charge in [0.15, 0.2) is 0 Å². The van der Waals surface area contributed by atoms with Crippen molar-refractivity contribution in [3.8, 4) is 0 Å². The first-order valence-corrected chi connectivity index (χ1v) is 8.61. The van der Waals surface area contributed by atoms with E-state index in [-0.39, 0.29) is 17.2 Å². The van der Waals surface area contributed by atoms with Gasteiger partial charge in [-0.05, 0) is 43.4 Å². The minimum atomic E-state index is 0.172. The van der Waals surface area contributed by atoms with Gasteiger partial charge in [0.2, 0.25) is 5.91 Å². The van der Waals surface area contributed by atoms with Gasteiger partial charge in [-0.2, -0.15) is 0 Å². The fraction of sp³-hybridized carbons (Fsp3) is 0.611. The summed E-state index contributed by atoms with van der Waals surface area (Å²) in [6, 6.07) is 8.11. The Kier molecular flexibility index (Phi) is 4.54. The fourth-order valence-corrected chi connectivity index (χ4v) is 3.59. The Morgan fingerprint density at radius 2 is 1.71 bits per heavy atom. The van der Waals surface area contributed by atoms with Crippen molar-refractivity contribution in [3.63, 3.8) is 0 Å². The van der Waals surface area contributed by atoms with Gasteiger partial charge in [-0.1, -0.05) is 49.4 Å². The fourth-order valence-electron chi connectivity index (χ4n) is 3.46. The highest BCUT2D eigenvalue weighted by Gasteiger charge is 2.44. The first-order valence-electron chi connectivity index (χ1n) is 8.23. The number of carbonyl (C=O) groups is 1. The van der Waals surface area contributed by atoms with Gasteiger partial charge in [0.1, 0.15) is 0 Å². The quantitative estimate of drug-likeness (QED) is 0.818. The number of benzene rings is 1. The summed E-state index contributed by atoms with van der Waals surface area (Å²) in [5.74, 6) is 0.519. The van der Waals surface area contributed by atoms with Crippen LogP contribution in [0.15, 0.2) is 24.3 Å². The molecule has 0 atom stereocenters. The van der Waals surface area contributed by atoms with Crippen LogP contribution in [0.1, 0.15) is 56.9 Å². The van der Waals surface area contributed by atoms with E-state index in [2.05, 4.69) is 17.4 Å². The van der Waals surface area contributed by atoms with Crippen molar-refractivity contribution >= 4 is 17.5 Å². The largest absolute Gasteiger partial charge is 0.355 e. The molecule has 3 rings (SSSR count). The Labute approximate surface area is 132 Å². The number of hydrogen-bond donors (Lipinski definition) is 1.